The number of hydrogen-bond acceptors (Lipinski definition) is 1. The highest BCUT2D eigenvalue weighted by Crippen LogP contribution is 2.13. The average molecular weight is 163 g/mol. The summed E-state index contributed by atoms with van der Waals surface area (Å²) in [6.45, 7) is 0. The van der Waals surface area contributed by atoms with Crippen molar-refractivity contribution in [3.8, 4) is 0 Å². The summed E-state index contributed by atoms with van der Waals surface area (Å²) in [5.74, 6) is 0. The van der Waals surface area contributed by atoms with Crippen molar-refractivity contribution in [1.29, 1.82) is 0 Å². The summed E-state index contributed by atoms with van der Waals surface area (Å²) in [5.41, 5.74) is 0. The minimum Gasteiger partial charge on any atom is -0.283 e. The first-order valence-corrected chi connectivity index (χ1v) is 5.31. The van der Waals surface area contributed by atoms with Gasteiger partial charge in [0.1, 0.15) is 0 Å². The molecule has 0 aliphatic carbocycles. The van der Waals surface area contributed by atoms with Crippen LogP contribution >= 0.6 is 23.2 Å². The van der Waals surface area contributed by atoms with E-state index in [0.29, 0.717) is 0 Å². The molecule has 1 nitrogen and oxygen atoms in total. The van der Waals surface area contributed by atoms with Crippen molar-refractivity contribution in [3.05, 3.63) is 0 Å². The summed E-state index contributed by atoms with van der Waals surface area (Å²) < 4.78 is 9.95. The van der Waals surface area contributed by atoms with Gasteiger partial charge < -0.3 is 0 Å². The number of thiol groups is 1. The highest BCUT2D eigenvalue weighted by atomic mass is 35.5. The molecule has 0 saturated carbocycles. The maximum Gasteiger partial charge on any atom is 0.159 e. The Morgan fingerprint density at radius 3 is 1.57 bits per heavy atom. The molecule has 46 valence electrons. The van der Waals surface area contributed by atoms with Crippen LogP contribution in [0.5, 0.6) is 0 Å². The lowest BCUT2D eigenvalue weighted by molar-refractivity contribution is 0.680. The van der Waals surface area contributed by atoms with Gasteiger partial charge in [0.25, 0.3) is 0 Å². The molecule has 0 rings (SSSR count). The molecular formula is C3H8Cl2OS. The molecule has 7 heavy (non-hydrogen) atoms. The Bertz CT molecular complexity index is 95.1. The second-order valence-electron chi connectivity index (χ2n) is 1.71. The van der Waals surface area contributed by atoms with Crippen molar-refractivity contribution < 1.29 is 4.21 Å². The van der Waals surface area contributed by atoms with Crippen LogP contribution in [0.3, 0.4) is 0 Å². The van der Waals surface area contributed by atoms with Crippen molar-refractivity contribution >= 4 is 33.1 Å². The van der Waals surface area contributed by atoms with Crippen molar-refractivity contribution in [2.45, 2.75) is 4.17 Å². The van der Waals surface area contributed by atoms with Gasteiger partial charge >= 0.3 is 0 Å². The fourth-order valence-electron chi connectivity index (χ4n) is 0. The zero-order valence-electron chi connectivity index (χ0n) is 4.19. The van der Waals surface area contributed by atoms with E-state index in [4.69, 9.17) is 23.2 Å². The Morgan fingerprint density at radius 2 is 1.57 bits per heavy atom. The van der Waals surface area contributed by atoms with E-state index < -0.39 is 14.1 Å². The molecule has 0 radical (unpaired) electrons. The normalized spacial score (nSPS) is 15.0. The quantitative estimate of drug-likeness (QED) is 0.451. The second-order valence-corrected chi connectivity index (χ2v) is 6.80. The fourth-order valence-corrected chi connectivity index (χ4v) is 0. The molecule has 0 aromatic rings. The van der Waals surface area contributed by atoms with Crippen molar-refractivity contribution in [3.63, 3.8) is 0 Å². The molecule has 0 heterocycles. The molecule has 0 aromatic carbocycles. The van der Waals surface area contributed by atoms with Gasteiger partial charge in [-0.25, -0.2) is 0 Å². The van der Waals surface area contributed by atoms with Crippen LogP contribution in [0.4, 0.5) is 0 Å². The summed E-state index contributed by atoms with van der Waals surface area (Å²) in [5, 5.41) is 0. The Balaban J connectivity index is 3.80. The molecule has 0 spiro atoms. The van der Waals surface area contributed by atoms with Crippen LogP contribution in [0.15, 0.2) is 0 Å². The lowest BCUT2D eigenvalue weighted by Gasteiger charge is -2.10. The topological polar surface area (TPSA) is 17.1 Å². The highest BCUT2D eigenvalue weighted by molar-refractivity contribution is 8.04. The van der Waals surface area contributed by atoms with Crippen molar-refractivity contribution in [1.82, 2.24) is 0 Å². The predicted octanol–water partition coefficient (Wildman–Crippen LogP) is 1.02. The fraction of sp³-hybridized carbons (Fsp3) is 1.00. The first-order chi connectivity index (χ1) is 2.94. The van der Waals surface area contributed by atoms with Gasteiger partial charge in [0.15, 0.2) is 4.17 Å². The molecule has 0 aliphatic rings. The first-order valence-electron chi connectivity index (χ1n) is 1.77. The summed E-state index contributed by atoms with van der Waals surface area (Å²) in [7, 11) is -2.21. The molecule has 0 aromatic heterocycles. The predicted molar refractivity (Wildman–Crippen MR) is 36.9 cm³/mol. The van der Waals surface area contributed by atoms with E-state index in [0.717, 1.165) is 0 Å². The van der Waals surface area contributed by atoms with Gasteiger partial charge in [-0.15, -0.1) is 0 Å². The monoisotopic (exact) mass is 162 g/mol. The second kappa shape index (κ2) is 2.33. The van der Waals surface area contributed by atoms with Gasteiger partial charge in [0.2, 0.25) is 0 Å². The number of hydrogen-bond donors (Lipinski definition) is 1. The van der Waals surface area contributed by atoms with E-state index in [1.54, 1.807) is 12.5 Å². The third kappa shape index (κ3) is 3.32. The molecule has 0 unspecified atom stereocenters. The van der Waals surface area contributed by atoms with E-state index in [9.17, 15) is 4.21 Å². The number of alkyl halides is 2. The molecule has 4 heteroatoms. The molecule has 0 bridgehead atoms. The maximum absolute atomic E-state index is 10.7. The standard InChI is InChI=1S/C3H8Cl2OS/c1-7(2,6)3(4)5/h3,7H,1-2H3. The van der Waals surface area contributed by atoms with Gasteiger partial charge in [0.05, 0.1) is 0 Å². The maximum atomic E-state index is 10.7. The van der Waals surface area contributed by atoms with Gasteiger partial charge in [-0.05, 0) is 12.5 Å². The van der Waals surface area contributed by atoms with Crippen LogP contribution < -0.4 is 0 Å². The van der Waals surface area contributed by atoms with Crippen LogP contribution in [-0.4, -0.2) is 20.9 Å². The first kappa shape index (κ1) is 7.73. The Hall–Kier alpha value is 0.730. The number of rotatable bonds is 1. The lowest BCUT2D eigenvalue weighted by Crippen LogP contribution is -2.13. The molecule has 0 atom stereocenters. The largest absolute Gasteiger partial charge is 0.283 e. The van der Waals surface area contributed by atoms with E-state index in [1.807, 2.05) is 0 Å². The summed E-state index contributed by atoms with van der Waals surface area (Å²) >= 11 is 10.5. The average Bonchev–Trinajstić information content (AvgIpc) is 1.31. The van der Waals surface area contributed by atoms with Gasteiger partial charge in [0, 0.05) is 0 Å². The van der Waals surface area contributed by atoms with Crippen molar-refractivity contribution in [2.75, 3.05) is 12.5 Å². The van der Waals surface area contributed by atoms with Crippen LogP contribution in [0.2, 0.25) is 0 Å². The zero-order valence-corrected chi connectivity index (χ0v) is 6.60. The zero-order chi connectivity index (χ0) is 6.08. The minimum atomic E-state index is -2.21. The molecule has 0 amide bonds. The Labute approximate surface area is 54.4 Å². The smallest absolute Gasteiger partial charge is 0.159 e. The minimum absolute atomic E-state index is 0.701. The molecule has 0 aliphatic heterocycles. The van der Waals surface area contributed by atoms with E-state index in [2.05, 4.69) is 0 Å². The van der Waals surface area contributed by atoms with Gasteiger partial charge in [-0.2, -0.15) is 0 Å². The SMILES string of the molecule is C[SH](C)(=O)C(Cl)Cl. The summed E-state index contributed by atoms with van der Waals surface area (Å²) in [6, 6.07) is 0. The van der Waals surface area contributed by atoms with E-state index in [1.165, 1.54) is 0 Å². The molecular weight excluding hydrogens is 155 g/mol. The third-order valence-corrected chi connectivity index (χ3v) is 4.23. The van der Waals surface area contributed by atoms with Crippen LogP contribution in [-0.2, 0) is 9.93 Å². The third-order valence-electron chi connectivity index (χ3n) is 0.470. The van der Waals surface area contributed by atoms with E-state index in [-0.39, 0.29) is 0 Å². The van der Waals surface area contributed by atoms with Gasteiger partial charge in [-0.3, -0.25) is 4.21 Å². The van der Waals surface area contributed by atoms with Crippen molar-refractivity contribution in [2.24, 2.45) is 0 Å². The summed E-state index contributed by atoms with van der Waals surface area (Å²) in [6.07, 6.45) is 3.11. The van der Waals surface area contributed by atoms with Crippen LogP contribution in [0, 0.1) is 0 Å². The lowest BCUT2D eigenvalue weighted by atomic mass is 11.8. The van der Waals surface area contributed by atoms with Gasteiger partial charge in [-0.1, -0.05) is 33.1 Å². The number of halogens is 2. The van der Waals surface area contributed by atoms with E-state index >= 15 is 0 Å². The Kier molecular flexibility index (Phi) is 2.58. The molecule has 0 fully saturated rings. The van der Waals surface area contributed by atoms with Crippen LogP contribution in [0.1, 0.15) is 0 Å². The molecule has 0 saturated heterocycles. The Morgan fingerprint density at radius 1 is 1.43 bits per heavy atom. The van der Waals surface area contributed by atoms with Crippen LogP contribution in [0.25, 0.3) is 0 Å². The molecule has 0 N–H and O–H groups in total. The highest BCUT2D eigenvalue weighted by Gasteiger charge is 2.09. The summed E-state index contributed by atoms with van der Waals surface area (Å²) in [4.78, 5) is 0.